The Morgan fingerprint density at radius 2 is 1.79 bits per heavy atom. The van der Waals surface area contributed by atoms with E-state index in [0.717, 1.165) is 24.1 Å². The molecular formula is C29H39N5O3S. The number of aromatic nitrogens is 3. The molecule has 1 unspecified atom stereocenters. The molecule has 1 aliphatic rings. The number of carbonyl (C=O) groups is 2. The molecule has 3 heterocycles. The van der Waals surface area contributed by atoms with Crippen LogP contribution in [0.1, 0.15) is 64.4 Å². The lowest BCUT2D eigenvalue weighted by Crippen LogP contribution is -2.55. The average molecular weight is 538 g/mol. The lowest BCUT2D eigenvalue weighted by Gasteiger charge is -2.40. The highest BCUT2D eigenvalue weighted by Gasteiger charge is 2.30. The van der Waals surface area contributed by atoms with E-state index in [1.165, 1.54) is 37.4 Å². The number of benzene rings is 1. The molecule has 0 N–H and O–H groups in total. The second-order valence-corrected chi connectivity index (χ2v) is 10.9. The van der Waals surface area contributed by atoms with E-state index in [1.54, 1.807) is 6.26 Å². The first-order valence-electron chi connectivity index (χ1n) is 13.7. The molecule has 4 rings (SSSR count). The lowest BCUT2D eigenvalue weighted by molar-refractivity contribution is -0.141. The van der Waals surface area contributed by atoms with Crippen LogP contribution in [0.3, 0.4) is 0 Å². The monoisotopic (exact) mass is 537 g/mol. The number of piperazine rings is 1. The topological polar surface area (TPSA) is 84.5 Å². The largest absolute Gasteiger partial charge is 0.461 e. The van der Waals surface area contributed by atoms with Gasteiger partial charge in [-0.25, -0.2) is 0 Å². The van der Waals surface area contributed by atoms with Crippen LogP contribution in [-0.2, 0) is 9.59 Å². The summed E-state index contributed by atoms with van der Waals surface area (Å²) >= 11 is 1.37. The van der Waals surface area contributed by atoms with Crippen molar-refractivity contribution in [3.8, 4) is 17.3 Å². The van der Waals surface area contributed by atoms with Crippen molar-refractivity contribution in [2.75, 3.05) is 25.4 Å². The van der Waals surface area contributed by atoms with Crippen molar-refractivity contribution < 1.29 is 14.0 Å². The number of hydrogen-bond donors (Lipinski definition) is 0. The van der Waals surface area contributed by atoms with E-state index in [4.69, 9.17) is 4.42 Å². The molecule has 0 radical (unpaired) electrons. The Hall–Kier alpha value is -3.07. The molecule has 0 saturated carbocycles. The molecule has 0 aliphatic carbocycles. The quantitative estimate of drug-likeness (QED) is 0.216. The summed E-state index contributed by atoms with van der Waals surface area (Å²) in [6.07, 6.45) is 9.25. The molecule has 1 aromatic carbocycles. The van der Waals surface area contributed by atoms with Crippen LogP contribution in [0.15, 0.2) is 52.2 Å². The van der Waals surface area contributed by atoms with Gasteiger partial charge in [0.15, 0.2) is 10.9 Å². The van der Waals surface area contributed by atoms with E-state index >= 15 is 0 Å². The van der Waals surface area contributed by atoms with Gasteiger partial charge in [0.25, 0.3) is 0 Å². The van der Waals surface area contributed by atoms with Crippen molar-refractivity contribution in [1.29, 1.82) is 0 Å². The van der Waals surface area contributed by atoms with Crippen LogP contribution in [0, 0.1) is 6.92 Å². The van der Waals surface area contributed by atoms with Crippen molar-refractivity contribution in [3.63, 3.8) is 0 Å². The first-order valence-corrected chi connectivity index (χ1v) is 14.7. The summed E-state index contributed by atoms with van der Waals surface area (Å²) in [6.45, 7) is 8.00. The molecular weight excluding hydrogens is 498 g/mol. The minimum absolute atomic E-state index is 0.0199. The van der Waals surface area contributed by atoms with Crippen molar-refractivity contribution in [3.05, 3.63) is 48.2 Å². The predicted molar refractivity (Wildman–Crippen MR) is 150 cm³/mol. The zero-order valence-electron chi connectivity index (χ0n) is 22.8. The van der Waals surface area contributed by atoms with E-state index < -0.39 is 0 Å². The smallest absolute Gasteiger partial charge is 0.233 e. The van der Waals surface area contributed by atoms with E-state index in [0.29, 0.717) is 42.8 Å². The maximum atomic E-state index is 13.2. The third kappa shape index (κ3) is 6.87. The molecule has 0 bridgehead atoms. The molecule has 3 aromatic rings. The Morgan fingerprint density at radius 3 is 2.53 bits per heavy atom. The highest BCUT2D eigenvalue weighted by molar-refractivity contribution is 7.99. The Morgan fingerprint density at radius 1 is 1.00 bits per heavy atom. The standard InChI is InChI=1S/C29H39N5O3S/c1-4-5-6-7-8-9-16-26(35)33-18-17-32(20-23(33)3)27(36)21-38-29-31-30-28(25-15-12-19-37-25)34(29)24-14-11-10-13-22(24)2/h10-15,19,23H,4-9,16-18,20-21H2,1-3H3. The minimum atomic E-state index is 0.0199. The molecule has 1 saturated heterocycles. The summed E-state index contributed by atoms with van der Waals surface area (Å²) in [6, 6.07) is 11.7. The highest BCUT2D eigenvalue weighted by Crippen LogP contribution is 2.30. The van der Waals surface area contributed by atoms with Crippen molar-refractivity contribution in [1.82, 2.24) is 24.6 Å². The van der Waals surface area contributed by atoms with Crippen LogP contribution >= 0.6 is 11.8 Å². The number of unbranched alkanes of at least 4 members (excludes halogenated alkanes) is 5. The van der Waals surface area contributed by atoms with Gasteiger partial charge >= 0.3 is 0 Å². The Bertz CT molecular complexity index is 1190. The molecule has 0 spiro atoms. The first kappa shape index (κ1) is 28.0. The van der Waals surface area contributed by atoms with Gasteiger partial charge in [0.2, 0.25) is 17.6 Å². The molecule has 204 valence electrons. The van der Waals surface area contributed by atoms with E-state index in [9.17, 15) is 9.59 Å². The van der Waals surface area contributed by atoms with E-state index in [1.807, 2.05) is 64.6 Å². The van der Waals surface area contributed by atoms with Gasteiger partial charge in [-0.3, -0.25) is 14.2 Å². The fourth-order valence-electron chi connectivity index (χ4n) is 4.93. The fourth-order valence-corrected chi connectivity index (χ4v) is 5.78. The molecule has 1 atom stereocenters. The van der Waals surface area contributed by atoms with E-state index in [-0.39, 0.29) is 23.6 Å². The number of nitrogens with zero attached hydrogens (tertiary/aromatic N) is 5. The number of carbonyl (C=O) groups excluding carboxylic acids is 2. The van der Waals surface area contributed by atoms with Gasteiger partial charge in [0, 0.05) is 32.1 Å². The molecule has 2 aromatic heterocycles. The van der Waals surface area contributed by atoms with Gasteiger partial charge in [0.05, 0.1) is 17.7 Å². The number of aryl methyl sites for hydroxylation is 1. The summed E-state index contributed by atoms with van der Waals surface area (Å²) < 4.78 is 7.56. The van der Waals surface area contributed by atoms with Crippen LogP contribution in [0.5, 0.6) is 0 Å². The second kappa shape index (κ2) is 13.6. The first-order chi connectivity index (χ1) is 18.5. The minimum Gasteiger partial charge on any atom is -0.461 e. The molecule has 1 aliphatic heterocycles. The zero-order chi connectivity index (χ0) is 26.9. The van der Waals surface area contributed by atoms with Gasteiger partial charge in [-0.05, 0) is 44.0 Å². The van der Waals surface area contributed by atoms with Gasteiger partial charge in [-0.2, -0.15) is 0 Å². The van der Waals surface area contributed by atoms with Gasteiger partial charge in [-0.1, -0.05) is 69.0 Å². The normalized spacial score (nSPS) is 15.7. The molecule has 8 nitrogen and oxygen atoms in total. The maximum absolute atomic E-state index is 13.2. The number of amides is 2. The van der Waals surface area contributed by atoms with Crippen LogP contribution in [-0.4, -0.2) is 67.8 Å². The summed E-state index contributed by atoms with van der Waals surface area (Å²) in [5.74, 6) is 1.73. The third-order valence-corrected chi connectivity index (χ3v) is 8.01. The lowest BCUT2D eigenvalue weighted by atomic mass is 10.1. The summed E-state index contributed by atoms with van der Waals surface area (Å²) in [5, 5.41) is 9.42. The van der Waals surface area contributed by atoms with Crippen molar-refractivity contribution in [2.45, 2.75) is 76.9 Å². The van der Waals surface area contributed by atoms with Gasteiger partial charge in [-0.15, -0.1) is 10.2 Å². The van der Waals surface area contributed by atoms with Gasteiger partial charge in [0.1, 0.15) is 0 Å². The predicted octanol–water partition coefficient (Wildman–Crippen LogP) is 5.74. The molecule has 2 amide bonds. The van der Waals surface area contributed by atoms with Crippen LogP contribution < -0.4 is 0 Å². The fraction of sp³-hybridized carbons (Fsp3) is 0.517. The van der Waals surface area contributed by atoms with E-state index in [2.05, 4.69) is 17.1 Å². The number of furan rings is 1. The van der Waals surface area contributed by atoms with Crippen LogP contribution in [0.4, 0.5) is 0 Å². The maximum Gasteiger partial charge on any atom is 0.233 e. The SMILES string of the molecule is CCCCCCCCC(=O)N1CCN(C(=O)CSc2nnc(-c3ccco3)n2-c2ccccc2C)CC1C. The molecule has 1 fully saturated rings. The highest BCUT2D eigenvalue weighted by atomic mass is 32.2. The number of para-hydroxylation sites is 1. The third-order valence-electron chi connectivity index (χ3n) is 7.10. The second-order valence-electron chi connectivity index (χ2n) is 9.99. The van der Waals surface area contributed by atoms with Crippen molar-refractivity contribution >= 4 is 23.6 Å². The Kier molecular flexibility index (Phi) is 10.0. The Balaban J connectivity index is 1.34. The summed E-state index contributed by atoms with van der Waals surface area (Å²) in [5.41, 5.74) is 2.02. The summed E-state index contributed by atoms with van der Waals surface area (Å²) in [7, 11) is 0. The number of thioether (sulfide) groups is 1. The van der Waals surface area contributed by atoms with Crippen molar-refractivity contribution in [2.24, 2.45) is 0 Å². The van der Waals surface area contributed by atoms with Gasteiger partial charge < -0.3 is 14.2 Å². The molecule has 9 heteroatoms. The molecule has 38 heavy (non-hydrogen) atoms. The van der Waals surface area contributed by atoms with Crippen LogP contribution in [0.2, 0.25) is 0 Å². The Labute approximate surface area is 229 Å². The number of rotatable bonds is 12. The number of hydrogen-bond acceptors (Lipinski definition) is 6. The average Bonchev–Trinajstić information content (AvgIpc) is 3.59. The summed E-state index contributed by atoms with van der Waals surface area (Å²) in [4.78, 5) is 29.8. The van der Waals surface area contributed by atoms with Crippen LogP contribution in [0.25, 0.3) is 17.3 Å². The zero-order valence-corrected chi connectivity index (χ0v) is 23.6.